The maximum Gasteiger partial charge on any atom is 0.317 e. The van der Waals surface area contributed by atoms with Crippen LogP contribution in [0.3, 0.4) is 0 Å². The molecule has 21 heavy (non-hydrogen) atoms. The van der Waals surface area contributed by atoms with Gasteiger partial charge in [0.15, 0.2) is 0 Å². The topological polar surface area (TPSA) is 78.9 Å². The molecule has 1 aliphatic carbocycles. The Kier molecular flexibility index (Phi) is 5.85. The van der Waals surface area contributed by atoms with E-state index < -0.39 is 11.9 Å². The number of urea groups is 1. The van der Waals surface area contributed by atoms with Crippen molar-refractivity contribution in [3.8, 4) is 0 Å². The van der Waals surface area contributed by atoms with Gasteiger partial charge >= 0.3 is 12.0 Å². The molecule has 120 valence electrons. The number of hydrogen-bond donors (Lipinski definition) is 2. The molecule has 0 spiro atoms. The molecule has 1 heterocycles. The molecule has 2 amide bonds. The van der Waals surface area contributed by atoms with Crippen molar-refractivity contribution in [2.45, 2.75) is 57.1 Å². The van der Waals surface area contributed by atoms with Gasteiger partial charge in [-0.1, -0.05) is 12.8 Å². The highest BCUT2D eigenvalue weighted by molar-refractivity contribution is 5.76. The van der Waals surface area contributed by atoms with Crippen LogP contribution in [0.1, 0.15) is 44.9 Å². The number of nitrogens with one attached hydrogen (secondary N) is 1. The van der Waals surface area contributed by atoms with Gasteiger partial charge in [-0.25, -0.2) is 4.79 Å². The van der Waals surface area contributed by atoms with Crippen LogP contribution in [0.4, 0.5) is 4.79 Å². The van der Waals surface area contributed by atoms with Gasteiger partial charge in [-0.05, 0) is 32.1 Å². The van der Waals surface area contributed by atoms with Crippen LogP contribution in [0.5, 0.6) is 0 Å². The standard InChI is InChI=1S/C15H26N2O4/c1-17(10-11-6-4-5-9-21-11)15(20)16-13-8-3-2-7-12(13)14(18)19/h11-13H,2-10H2,1H3,(H,16,20)(H,18,19). The first-order valence-electron chi connectivity index (χ1n) is 7.94. The van der Waals surface area contributed by atoms with Gasteiger partial charge in [-0.2, -0.15) is 0 Å². The molecule has 6 nitrogen and oxygen atoms in total. The molecule has 0 aromatic carbocycles. The normalized spacial score (nSPS) is 29.7. The second kappa shape index (κ2) is 7.64. The number of carbonyl (C=O) groups excluding carboxylic acids is 1. The third kappa shape index (κ3) is 4.59. The molecule has 2 rings (SSSR count). The first-order chi connectivity index (χ1) is 10.1. The molecule has 2 aliphatic rings. The van der Waals surface area contributed by atoms with Crippen LogP contribution in [0, 0.1) is 5.92 Å². The number of carboxylic acid groups (broad SMARTS) is 1. The second-order valence-corrected chi connectivity index (χ2v) is 6.15. The third-order valence-corrected chi connectivity index (χ3v) is 4.49. The third-order valence-electron chi connectivity index (χ3n) is 4.49. The van der Waals surface area contributed by atoms with Crippen LogP contribution in [-0.4, -0.2) is 54.4 Å². The highest BCUT2D eigenvalue weighted by atomic mass is 16.5. The molecule has 0 radical (unpaired) electrons. The van der Waals surface area contributed by atoms with Crippen molar-refractivity contribution in [3.63, 3.8) is 0 Å². The number of carboxylic acids is 1. The molecule has 0 aromatic rings. The zero-order chi connectivity index (χ0) is 15.2. The van der Waals surface area contributed by atoms with Crippen molar-refractivity contribution in [3.05, 3.63) is 0 Å². The smallest absolute Gasteiger partial charge is 0.317 e. The fraction of sp³-hybridized carbons (Fsp3) is 0.867. The van der Waals surface area contributed by atoms with E-state index in [-0.39, 0.29) is 18.2 Å². The molecule has 1 aliphatic heterocycles. The Bertz CT molecular complexity index is 369. The summed E-state index contributed by atoms with van der Waals surface area (Å²) in [6.45, 7) is 1.33. The van der Waals surface area contributed by atoms with Gasteiger partial charge in [0, 0.05) is 26.2 Å². The van der Waals surface area contributed by atoms with Crippen molar-refractivity contribution in [1.82, 2.24) is 10.2 Å². The van der Waals surface area contributed by atoms with Crippen LogP contribution in [0.25, 0.3) is 0 Å². The summed E-state index contributed by atoms with van der Waals surface area (Å²) in [5, 5.41) is 12.1. The molecular weight excluding hydrogens is 272 g/mol. The first-order valence-corrected chi connectivity index (χ1v) is 7.94. The molecule has 3 atom stereocenters. The number of hydrogen-bond acceptors (Lipinski definition) is 3. The summed E-state index contributed by atoms with van der Waals surface area (Å²) in [7, 11) is 1.74. The predicted molar refractivity (Wildman–Crippen MR) is 78.1 cm³/mol. The van der Waals surface area contributed by atoms with Crippen molar-refractivity contribution >= 4 is 12.0 Å². The van der Waals surface area contributed by atoms with Crippen LogP contribution in [0.2, 0.25) is 0 Å². The Labute approximate surface area is 125 Å². The lowest BCUT2D eigenvalue weighted by molar-refractivity contribution is -0.143. The van der Waals surface area contributed by atoms with Crippen LogP contribution in [-0.2, 0) is 9.53 Å². The second-order valence-electron chi connectivity index (χ2n) is 6.15. The Hall–Kier alpha value is -1.30. The lowest BCUT2D eigenvalue weighted by atomic mass is 9.84. The molecule has 0 aromatic heterocycles. The summed E-state index contributed by atoms with van der Waals surface area (Å²) >= 11 is 0. The van der Waals surface area contributed by atoms with E-state index >= 15 is 0 Å². The zero-order valence-electron chi connectivity index (χ0n) is 12.7. The van der Waals surface area contributed by atoms with Gasteiger partial charge in [0.05, 0.1) is 12.0 Å². The molecular formula is C15H26N2O4. The average Bonchev–Trinajstić information content (AvgIpc) is 2.48. The lowest BCUT2D eigenvalue weighted by Gasteiger charge is -2.32. The van der Waals surface area contributed by atoms with E-state index in [1.807, 2.05) is 0 Å². The number of carbonyl (C=O) groups is 2. The Morgan fingerprint density at radius 3 is 2.57 bits per heavy atom. The van der Waals surface area contributed by atoms with Gasteiger partial charge in [-0.15, -0.1) is 0 Å². The summed E-state index contributed by atoms with van der Waals surface area (Å²) < 4.78 is 5.63. The fourth-order valence-electron chi connectivity index (χ4n) is 3.21. The van der Waals surface area contributed by atoms with Crippen molar-refractivity contribution < 1.29 is 19.4 Å². The van der Waals surface area contributed by atoms with E-state index in [0.717, 1.165) is 45.1 Å². The maximum absolute atomic E-state index is 12.2. The molecule has 0 bridgehead atoms. The lowest BCUT2D eigenvalue weighted by Crippen LogP contribution is -2.50. The maximum atomic E-state index is 12.2. The number of likely N-dealkylation sites (N-methyl/N-ethyl adjacent to an activating group) is 1. The molecule has 2 N–H and O–H groups in total. The molecule has 6 heteroatoms. The van der Waals surface area contributed by atoms with E-state index in [0.29, 0.717) is 13.0 Å². The van der Waals surface area contributed by atoms with E-state index in [1.165, 1.54) is 0 Å². The minimum atomic E-state index is -0.807. The summed E-state index contributed by atoms with van der Waals surface area (Å²) in [4.78, 5) is 25.1. The van der Waals surface area contributed by atoms with Gasteiger partial charge < -0.3 is 20.1 Å². The monoisotopic (exact) mass is 298 g/mol. The van der Waals surface area contributed by atoms with Crippen LogP contribution < -0.4 is 5.32 Å². The number of aliphatic carboxylic acids is 1. The van der Waals surface area contributed by atoms with Gasteiger partial charge in [-0.3, -0.25) is 4.79 Å². The summed E-state index contributed by atoms with van der Waals surface area (Å²) in [6.07, 6.45) is 6.62. The van der Waals surface area contributed by atoms with E-state index in [2.05, 4.69) is 5.32 Å². The average molecular weight is 298 g/mol. The van der Waals surface area contributed by atoms with E-state index in [9.17, 15) is 14.7 Å². The predicted octanol–water partition coefficient (Wildman–Crippen LogP) is 1.84. The molecule has 1 saturated heterocycles. The highest BCUT2D eigenvalue weighted by Crippen LogP contribution is 2.25. The van der Waals surface area contributed by atoms with Crippen molar-refractivity contribution in [1.29, 1.82) is 0 Å². The van der Waals surface area contributed by atoms with E-state index in [1.54, 1.807) is 11.9 Å². The molecule has 2 fully saturated rings. The minimum Gasteiger partial charge on any atom is -0.481 e. The SMILES string of the molecule is CN(CC1CCCCO1)C(=O)NC1CCCCC1C(=O)O. The van der Waals surface area contributed by atoms with Crippen LogP contribution in [0.15, 0.2) is 0 Å². The number of ether oxygens (including phenoxy) is 1. The van der Waals surface area contributed by atoms with Gasteiger partial charge in [0.1, 0.15) is 0 Å². The summed E-state index contributed by atoms with van der Waals surface area (Å²) in [5.74, 6) is -1.26. The summed E-state index contributed by atoms with van der Waals surface area (Å²) in [5.41, 5.74) is 0. The van der Waals surface area contributed by atoms with Crippen LogP contribution >= 0.6 is 0 Å². The number of nitrogens with zero attached hydrogens (tertiary/aromatic N) is 1. The van der Waals surface area contributed by atoms with Gasteiger partial charge in [0.2, 0.25) is 0 Å². The minimum absolute atomic E-state index is 0.108. The van der Waals surface area contributed by atoms with E-state index in [4.69, 9.17) is 4.74 Å². The van der Waals surface area contributed by atoms with Crippen molar-refractivity contribution in [2.75, 3.05) is 20.2 Å². The first kappa shape index (κ1) is 16.1. The van der Waals surface area contributed by atoms with Crippen molar-refractivity contribution in [2.24, 2.45) is 5.92 Å². The fourth-order valence-corrected chi connectivity index (χ4v) is 3.21. The molecule has 3 unspecified atom stereocenters. The number of amides is 2. The Morgan fingerprint density at radius 1 is 1.19 bits per heavy atom. The highest BCUT2D eigenvalue weighted by Gasteiger charge is 2.32. The number of rotatable bonds is 4. The summed E-state index contributed by atoms with van der Waals surface area (Å²) in [6, 6.07) is -0.444. The molecule has 1 saturated carbocycles. The Balaban J connectivity index is 1.82. The zero-order valence-corrected chi connectivity index (χ0v) is 12.7. The largest absolute Gasteiger partial charge is 0.481 e. The Morgan fingerprint density at radius 2 is 1.90 bits per heavy atom. The van der Waals surface area contributed by atoms with Gasteiger partial charge in [0.25, 0.3) is 0 Å². The quantitative estimate of drug-likeness (QED) is 0.830.